The molecular formula is C21H38O4S. The Kier molecular flexibility index (Phi) is 21.5. The van der Waals surface area contributed by atoms with Crippen molar-refractivity contribution >= 4 is 17.4 Å². The van der Waals surface area contributed by atoms with Crippen LogP contribution in [0.5, 0.6) is 0 Å². The Labute approximate surface area is 164 Å². The lowest BCUT2D eigenvalue weighted by atomic mass is 10.1. The molecule has 1 aromatic carbocycles. The number of rotatable bonds is 11. The minimum Gasteiger partial charge on any atom is -0.385 e. The summed E-state index contributed by atoms with van der Waals surface area (Å²) in [6.07, 6.45) is 6.70. The van der Waals surface area contributed by atoms with E-state index < -0.39 is 5.79 Å². The number of hydrogen-bond donors (Lipinski definition) is 2. The zero-order chi connectivity index (χ0) is 20.1. The van der Waals surface area contributed by atoms with E-state index in [0.717, 1.165) is 30.8 Å². The SMILES string of the molecule is CCC(O)(O)CC.CCCCSC=O.COCCCCc1ccccc1. The lowest BCUT2D eigenvalue weighted by Crippen LogP contribution is -2.24. The summed E-state index contributed by atoms with van der Waals surface area (Å²) in [5.74, 6) is -0.431. The normalized spacial score (nSPS) is 10.2. The van der Waals surface area contributed by atoms with Gasteiger partial charge in [-0.05, 0) is 44.1 Å². The van der Waals surface area contributed by atoms with E-state index in [-0.39, 0.29) is 0 Å². The molecule has 1 rings (SSSR count). The van der Waals surface area contributed by atoms with Crippen LogP contribution in [0, 0.1) is 0 Å². The van der Waals surface area contributed by atoms with Gasteiger partial charge in [0.1, 0.15) is 0 Å². The molecule has 1 aromatic rings. The van der Waals surface area contributed by atoms with E-state index in [0.29, 0.717) is 12.8 Å². The molecule has 0 aliphatic rings. The Morgan fingerprint density at radius 1 is 1.04 bits per heavy atom. The van der Waals surface area contributed by atoms with Crippen LogP contribution < -0.4 is 0 Å². The number of benzene rings is 1. The molecule has 0 aromatic heterocycles. The van der Waals surface area contributed by atoms with Crippen LogP contribution in [-0.4, -0.2) is 41.1 Å². The van der Waals surface area contributed by atoms with Gasteiger partial charge in [0.25, 0.3) is 0 Å². The van der Waals surface area contributed by atoms with Crippen molar-refractivity contribution < 1.29 is 19.7 Å². The minimum atomic E-state index is -1.42. The molecule has 0 heterocycles. The number of methoxy groups -OCH3 is 1. The summed E-state index contributed by atoms with van der Waals surface area (Å²) in [6, 6.07) is 10.6. The van der Waals surface area contributed by atoms with E-state index in [9.17, 15) is 4.79 Å². The molecule has 26 heavy (non-hydrogen) atoms. The van der Waals surface area contributed by atoms with Gasteiger partial charge >= 0.3 is 0 Å². The van der Waals surface area contributed by atoms with E-state index in [1.807, 2.05) is 0 Å². The second kappa shape index (κ2) is 20.4. The van der Waals surface area contributed by atoms with E-state index in [4.69, 9.17) is 14.9 Å². The summed E-state index contributed by atoms with van der Waals surface area (Å²) >= 11 is 1.35. The standard InChI is InChI=1S/C11H16O.C5H12O2.C5H10OS/c1-12-10-6-5-9-11-7-3-2-4-8-11;1-3-5(6,7)4-2;1-2-3-4-7-5-6/h2-4,7-8H,5-6,9-10H2,1H3;6-7H,3-4H2,1-2H3;5H,2-4H2,1H3. The molecule has 0 unspecified atom stereocenters. The summed E-state index contributed by atoms with van der Waals surface area (Å²) in [7, 11) is 1.75. The molecule has 0 aliphatic heterocycles. The lowest BCUT2D eigenvalue weighted by molar-refractivity contribution is -0.163. The van der Waals surface area contributed by atoms with Crippen LogP contribution >= 0.6 is 11.8 Å². The molecule has 2 N–H and O–H groups in total. The summed E-state index contributed by atoms with van der Waals surface area (Å²) in [4.78, 5) is 9.64. The number of hydrogen-bond acceptors (Lipinski definition) is 5. The topological polar surface area (TPSA) is 66.8 Å². The zero-order valence-corrected chi connectivity index (χ0v) is 17.8. The maximum Gasteiger partial charge on any atom is 0.176 e. The van der Waals surface area contributed by atoms with Crippen molar-refractivity contribution in [1.29, 1.82) is 0 Å². The molecule has 152 valence electrons. The van der Waals surface area contributed by atoms with E-state index in [1.54, 1.807) is 21.0 Å². The van der Waals surface area contributed by atoms with Crippen molar-refractivity contribution in [2.24, 2.45) is 0 Å². The summed E-state index contributed by atoms with van der Waals surface area (Å²) in [5.41, 5.74) is 2.32. The van der Waals surface area contributed by atoms with Crippen LogP contribution in [0.3, 0.4) is 0 Å². The van der Waals surface area contributed by atoms with Crippen LogP contribution in [0.25, 0.3) is 0 Å². The van der Waals surface area contributed by atoms with E-state index in [2.05, 4.69) is 37.3 Å². The number of carbonyl (C=O) groups excluding carboxylic acids is 1. The highest BCUT2D eigenvalue weighted by molar-refractivity contribution is 8.11. The monoisotopic (exact) mass is 386 g/mol. The fourth-order valence-corrected chi connectivity index (χ4v) is 2.30. The number of carbonyl (C=O) groups is 1. The van der Waals surface area contributed by atoms with Gasteiger partial charge in [0, 0.05) is 19.5 Å². The Bertz CT molecular complexity index is 390. The first-order chi connectivity index (χ1) is 12.5. The van der Waals surface area contributed by atoms with Crippen LogP contribution in [0.2, 0.25) is 0 Å². The predicted octanol–water partition coefficient (Wildman–Crippen LogP) is 4.85. The van der Waals surface area contributed by atoms with Gasteiger partial charge in [-0.15, -0.1) is 0 Å². The second-order valence-electron chi connectivity index (χ2n) is 5.95. The van der Waals surface area contributed by atoms with Gasteiger partial charge in [-0.2, -0.15) is 0 Å². The summed E-state index contributed by atoms with van der Waals surface area (Å²) in [5, 5.41) is 17.4. The Morgan fingerprint density at radius 3 is 2.08 bits per heavy atom. The number of aliphatic hydroxyl groups is 2. The van der Waals surface area contributed by atoms with Crippen LogP contribution in [0.4, 0.5) is 0 Å². The Balaban J connectivity index is 0. The average Bonchev–Trinajstić information content (AvgIpc) is 2.68. The van der Waals surface area contributed by atoms with Crippen LogP contribution in [0.15, 0.2) is 30.3 Å². The van der Waals surface area contributed by atoms with Crippen molar-refractivity contribution in [3.8, 4) is 0 Å². The molecule has 4 nitrogen and oxygen atoms in total. The quantitative estimate of drug-likeness (QED) is 0.323. The van der Waals surface area contributed by atoms with Crippen molar-refractivity contribution in [2.75, 3.05) is 19.5 Å². The molecule has 0 saturated heterocycles. The highest BCUT2D eigenvalue weighted by Gasteiger charge is 2.15. The lowest BCUT2D eigenvalue weighted by Gasteiger charge is -2.15. The molecule has 0 spiro atoms. The van der Waals surface area contributed by atoms with Gasteiger partial charge in [0.15, 0.2) is 11.4 Å². The van der Waals surface area contributed by atoms with Crippen molar-refractivity contribution in [1.82, 2.24) is 0 Å². The maximum atomic E-state index is 9.64. The van der Waals surface area contributed by atoms with Crippen LogP contribution in [0.1, 0.15) is 64.9 Å². The largest absolute Gasteiger partial charge is 0.385 e. The maximum absolute atomic E-state index is 9.64. The first-order valence-corrected chi connectivity index (χ1v) is 10.5. The van der Waals surface area contributed by atoms with Gasteiger partial charge < -0.3 is 14.9 Å². The van der Waals surface area contributed by atoms with Crippen molar-refractivity contribution in [3.63, 3.8) is 0 Å². The zero-order valence-electron chi connectivity index (χ0n) is 16.9. The highest BCUT2D eigenvalue weighted by Crippen LogP contribution is 2.07. The minimum absolute atomic E-state index is 0.406. The number of unbranched alkanes of at least 4 members (excludes halogenated alkanes) is 2. The smallest absolute Gasteiger partial charge is 0.176 e. The van der Waals surface area contributed by atoms with Gasteiger partial charge in [0.2, 0.25) is 0 Å². The summed E-state index contributed by atoms with van der Waals surface area (Å²) in [6.45, 7) is 6.48. The van der Waals surface area contributed by atoms with Crippen LogP contribution in [-0.2, 0) is 16.0 Å². The van der Waals surface area contributed by atoms with Gasteiger partial charge in [-0.3, -0.25) is 4.79 Å². The third-order valence-corrected chi connectivity index (χ3v) is 4.38. The average molecular weight is 387 g/mol. The van der Waals surface area contributed by atoms with E-state index in [1.165, 1.54) is 36.6 Å². The van der Waals surface area contributed by atoms with Gasteiger partial charge in [-0.25, -0.2) is 0 Å². The fourth-order valence-electron chi connectivity index (χ4n) is 1.75. The second-order valence-corrected chi connectivity index (χ2v) is 6.88. The van der Waals surface area contributed by atoms with Crippen molar-refractivity contribution in [2.45, 2.75) is 71.5 Å². The predicted molar refractivity (Wildman–Crippen MR) is 113 cm³/mol. The Hall–Kier alpha value is -0.880. The fraction of sp³-hybridized carbons (Fsp3) is 0.667. The molecule has 0 amide bonds. The van der Waals surface area contributed by atoms with E-state index >= 15 is 0 Å². The molecule has 0 radical (unpaired) electrons. The molecule has 0 saturated carbocycles. The number of thioether (sulfide) groups is 1. The number of ether oxygens (including phenoxy) is 1. The van der Waals surface area contributed by atoms with Crippen molar-refractivity contribution in [3.05, 3.63) is 35.9 Å². The number of aryl methyl sites for hydroxylation is 1. The third kappa shape index (κ3) is 21.2. The molecule has 0 atom stereocenters. The molecule has 0 aliphatic carbocycles. The molecule has 5 heteroatoms. The first-order valence-electron chi connectivity index (χ1n) is 9.50. The Morgan fingerprint density at radius 2 is 1.65 bits per heavy atom. The molecule has 0 fully saturated rings. The molecule has 0 bridgehead atoms. The first kappa shape index (κ1) is 27.3. The third-order valence-electron chi connectivity index (χ3n) is 3.72. The molecular weight excluding hydrogens is 348 g/mol. The van der Waals surface area contributed by atoms with Gasteiger partial charge in [0.05, 0.1) is 0 Å². The van der Waals surface area contributed by atoms with Gasteiger partial charge in [-0.1, -0.05) is 69.3 Å². The summed E-state index contributed by atoms with van der Waals surface area (Å²) < 4.78 is 4.98. The highest BCUT2D eigenvalue weighted by atomic mass is 32.2.